The maximum Gasteiger partial charge on any atom is 0.408 e. The summed E-state index contributed by atoms with van der Waals surface area (Å²) in [6.07, 6.45) is 7.88. The van der Waals surface area contributed by atoms with E-state index in [1.165, 1.54) is 39.9 Å². The number of fused-ring (bicyclic) bond motifs is 2. The fourth-order valence-electron chi connectivity index (χ4n) is 12.1. The van der Waals surface area contributed by atoms with Crippen LogP contribution in [0.25, 0.3) is 0 Å². The smallest absolute Gasteiger partial charge is 0.408 e. The molecule has 0 radical (unpaired) electrons. The molecule has 2 heterocycles. The normalized spacial score (nSPS) is 31.4. The Morgan fingerprint density at radius 2 is 1.02 bits per heavy atom. The van der Waals surface area contributed by atoms with E-state index in [-0.39, 0.29) is 56.2 Å². The molecule has 0 unspecified atom stereocenters. The number of hydrogen-bond acceptors (Lipinski definition) is 9. The Kier molecular flexibility index (Phi) is 10.5. The van der Waals surface area contributed by atoms with Crippen molar-refractivity contribution < 1.29 is 38.2 Å². The molecule has 3 N–H and O–H groups in total. The van der Waals surface area contributed by atoms with Crippen molar-refractivity contribution in [3.8, 4) is 0 Å². The van der Waals surface area contributed by atoms with Gasteiger partial charge in [-0.3, -0.25) is 9.59 Å². The fourth-order valence-corrected chi connectivity index (χ4v) is 12.1. The van der Waals surface area contributed by atoms with E-state index in [0.29, 0.717) is 24.9 Å². The summed E-state index contributed by atoms with van der Waals surface area (Å²) in [4.78, 5) is 67.9. The number of rotatable bonds is 5. The summed E-state index contributed by atoms with van der Waals surface area (Å²) in [5, 5.41) is 2.78. The highest BCUT2D eigenvalue weighted by Crippen LogP contribution is 2.89. The highest BCUT2D eigenvalue weighted by Gasteiger charge is 2.86. The van der Waals surface area contributed by atoms with Gasteiger partial charge in [-0.15, -0.1) is 0 Å². The molecule has 4 saturated carbocycles. The third-order valence-corrected chi connectivity index (χ3v) is 16.1. The largest absolute Gasteiger partial charge is 0.467 e. The van der Waals surface area contributed by atoms with Crippen molar-refractivity contribution in [3.63, 3.8) is 0 Å². The van der Waals surface area contributed by atoms with Gasteiger partial charge in [0.2, 0.25) is 11.8 Å². The second kappa shape index (κ2) is 13.3. The average Bonchev–Trinajstić information content (AvgIpc) is 3.37. The van der Waals surface area contributed by atoms with Gasteiger partial charge >= 0.3 is 18.0 Å². The number of nitrogens with one attached hydrogen (secondary N) is 1. The molecule has 0 aromatic rings. The molecule has 4 spiro atoms. The van der Waals surface area contributed by atoms with Gasteiger partial charge < -0.3 is 35.1 Å². The average molecular weight is 773 g/mol. The first kappa shape index (κ1) is 43.2. The van der Waals surface area contributed by atoms with E-state index in [4.69, 9.17) is 19.9 Å². The number of carbonyl (C=O) groups is 5. The minimum absolute atomic E-state index is 0.0460. The quantitative estimate of drug-likeness (QED) is 0.244. The van der Waals surface area contributed by atoms with Crippen LogP contribution in [0.5, 0.6) is 0 Å². The number of nitrogens with zero attached hydrogens (tertiary/aromatic N) is 2. The maximum absolute atomic E-state index is 13.8. The fraction of sp³-hybridized carbons (Fsp3) is 0.884. The van der Waals surface area contributed by atoms with Gasteiger partial charge in [0.1, 0.15) is 23.7 Å². The molecule has 2 saturated heterocycles. The molecular formula is C43H72N4O8. The van der Waals surface area contributed by atoms with E-state index < -0.39 is 41.3 Å². The molecule has 3 amide bonds. The number of ether oxygens (including phenoxy) is 3. The van der Waals surface area contributed by atoms with Gasteiger partial charge in [0, 0.05) is 23.9 Å². The van der Waals surface area contributed by atoms with Gasteiger partial charge in [-0.1, -0.05) is 82.1 Å². The van der Waals surface area contributed by atoms with Gasteiger partial charge in [0.15, 0.2) is 0 Å². The van der Waals surface area contributed by atoms with Crippen molar-refractivity contribution in [2.75, 3.05) is 27.3 Å². The minimum atomic E-state index is -0.816. The molecule has 6 aliphatic rings. The van der Waals surface area contributed by atoms with Crippen LogP contribution in [0, 0.1) is 43.3 Å². The molecule has 0 aromatic heterocycles. The van der Waals surface area contributed by atoms with Crippen molar-refractivity contribution in [1.82, 2.24) is 15.1 Å². The number of alkyl carbamates (subject to hydrolysis) is 1. The van der Waals surface area contributed by atoms with E-state index in [0.717, 1.165) is 19.3 Å². The van der Waals surface area contributed by atoms with E-state index >= 15 is 0 Å². The first-order valence-corrected chi connectivity index (χ1v) is 20.5. The summed E-state index contributed by atoms with van der Waals surface area (Å²) in [6.45, 7) is 27.3. The molecule has 6 fully saturated rings. The van der Waals surface area contributed by atoms with Crippen LogP contribution < -0.4 is 11.1 Å². The first-order chi connectivity index (χ1) is 25.0. The summed E-state index contributed by atoms with van der Waals surface area (Å²) in [5.41, 5.74) is 5.40. The van der Waals surface area contributed by atoms with Crippen LogP contribution in [0.15, 0.2) is 0 Å². The Hall–Kier alpha value is -2.89. The summed E-state index contributed by atoms with van der Waals surface area (Å²) in [7, 11) is 2.77. The van der Waals surface area contributed by atoms with Crippen LogP contribution in [-0.2, 0) is 33.4 Å². The first-order valence-electron chi connectivity index (χ1n) is 20.5. The van der Waals surface area contributed by atoms with Crippen molar-refractivity contribution in [3.05, 3.63) is 0 Å². The van der Waals surface area contributed by atoms with Crippen LogP contribution in [-0.4, -0.2) is 96.7 Å². The van der Waals surface area contributed by atoms with Crippen molar-refractivity contribution >= 4 is 29.8 Å². The topological polar surface area (TPSA) is 158 Å². The number of likely N-dealkylation sites (tertiary alicyclic amines) is 2. The zero-order chi connectivity index (χ0) is 41.8. The van der Waals surface area contributed by atoms with Crippen LogP contribution in [0.4, 0.5) is 4.79 Å². The summed E-state index contributed by atoms with van der Waals surface area (Å²) in [5.74, 6) is -1.06. The van der Waals surface area contributed by atoms with E-state index in [1.54, 1.807) is 30.6 Å². The molecule has 0 bridgehead atoms. The number of carbonyl (C=O) groups excluding carboxylic acids is 5. The standard InChI is InChI=1S/C24H40N2O5.C19H32N2O3/c1-20(2,3)16(25-19(29)31-21(4,5)6)17(27)26-14-24(13-15(26)18(28)30-9)22(7,8)23(24)11-10-12-23;1-16(2,3)13(20)14(22)21-11-19(10-12(21)15(23)24-6)17(4,5)18(19)8-7-9-18/h15-16H,10-14H2,1-9H3,(H,25,29);12-13H,7-11,20H2,1-6H3/t15-,16+,24+;12-,13+,19+/m00/s1. The predicted octanol–water partition coefficient (Wildman–Crippen LogP) is 6.23. The van der Waals surface area contributed by atoms with Crippen molar-refractivity contribution in [1.29, 1.82) is 0 Å². The summed E-state index contributed by atoms with van der Waals surface area (Å²) in [6, 6.07) is -2.54. The predicted molar refractivity (Wildman–Crippen MR) is 209 cm³/mol. The van der Waals surface area contributed by atoms with Gasteiger partial charge in [0.05, 0.1) is 20.3 Å². The zero-order valence-electron chi connectivity index (χ0n) is 36.6. The highest BCUT2D eigenvalue weighted by atomic mass is 16.6. The van der Waals surface area contributed by atoms with E-state index in [9.17, 15) is 24.0 Å². The van der Waals surface area contributed by atoms with Crippen LogP contribution in [0.3, 0.4) is 0 Å². The molecule has 4 aliphatic carbocycles. The molecular weight excluding hydrogens is 700 g/mol. The molecule has 55 heavy (non-hydrogen) atoms. The molecule has 12 heteroatoms. The molecule has 12 nitrogen and oxygen atoms in total. The van der Waals surface area contributed by atoms with E-state index in [1.807, 2.05) is 41.5 Å². The van der Waals surface area contributed by atoms with Gasteiger partial charge in [-0.2, -0.15) is 0 Å². The zero-order valence-corrected chi connectivity index (χ0v) is 36.6. The number of hydrogen-bond donors (Lipinski definition) is 2. The Morgan fingerprint density at radius 1 is 0.636 bits per heavy atom. The number of methoxy groups -OCH3 is 2. The van der Waals surface area contributed by atoms with Crippen LogP contribution >= 0.6 is 0 Å². The van der Waals surface area contributed by atoms with Crippen molar-refractivity contribution in [2.24, 2.45) is 49.1 Å². The SMILES string of the molecule is COC(=O)[C@@H]1C[C@@]2(CN1C(=O)[C@@H](N)C(C)(C)C)C(C)(C)C21CCC1.COC(=O)[C@@H]1C[C@@]2(CN1C(=O)[C@@H](NC(=O)OC(C)(C)C)C(C)(C)C)C(C)(C)C21CCC1. The number of esters is 2. The van der Waals surface area contributed by atoms with Gasteiger partial charge in [-0.25, -0.2) is 14.4 Å². The summed E-state index contributed by atoms with van der Waals surface area (Å²) >= 11 is 0. The monoisotopic (exact) mass is 773 g/mol. The minimum Gasteiger partial charge on any atom is -0.467 e. The number of nitrogens with two attached hydrogens (primary N) is 1. The Morgan fingerprint density at radius 3 is 1.29 bits per heavy atom. The third kappa shape index (κ3) is 6.28. The lowest BCUT2D eigenvalue weighted by Gasteiger charge is -2.36. The molecule has 312 valence electrons. The van der Waals surface area contributed by atoms with Gasteiger partial charge in [0.25, 0.3) is 0 Å². The van der Waals surface area contributed by atoms with Crippen LogP contribution in [0.2, 0.25) is 0 Å². The second-order valence-electron chi connectivity index (χ2n) is 22.0. The Labute approximate surface area is 330 Å². The highest BCUT2D eigenvalue weighted by molar-refractivity contribution is 5.91. The van der Waals surface area contributed by atoms with E-state index in [2.05, 4.69) is 33.0 Å². The Balaban J connectivity index is 0.000000218. The van der Waals surface area contributed by atoms with Crippen molar-refractivity contribution in [2.45, 2.75) is 171 Å². The molecule has 2 aliphatic heterocycles. The lowest BCUT2D eigenvalue weighted by Crippen LogP contribution is -2.57. The van der Waals surface area contributed by atoms with Gasteiger partial charge in [-0.05, 0) is 91.8 Å². The molecule has 6 atom stereocenters. The lowest BCUT2D eigenvalue weighted by molar-refractivity contribution is -0.152. The Bertz CT molecular complexity index is 1580. The maximum atomic E-state index is 13.8. The molecule has 0 aromatic carbocycles. The third-order valence-electron chi connectivity index (χ3n) is 16.1. The number of amides is 3. The second-order valence-corrected chi connectivity index (χ2v) is 22.0. The molecule has 6 rings (SSSR count). The van der Waals surface area contributed by atoms with Crippen LogP contribution in [0.1, 0.15) is 141 Å². The lowest BCUT2D eigenvalue weighted by atomic mass is 9.73. The summed E-state index contributed by atoms with van der Waals surface area (Å²) < 4.78 is 15.5.